The first kappa shape index (κ1) is 14.6. The van der Waals surface area contributed by atoms with Gasteiger partial charge in [-0.25, -0.2) is 0 Å². The number of aliphatic carboxylic acids is 1. The van der Waals surface area contributed by atoms with Crippen LogP contribution in [0.2, 0.25) is 0 Å². The third-order valence-electron chi connectivity index (χ3n) is 1.95. The fraction of sp³-hybridized carbons (Fsp3) is 0.700. The number of carboxylic acids is 1. The first-order chi connectivity index (χ1) is 7.36. The zero-order chi connectivity index (χ0) is 12.7. The minimum absolute atomic E-state index is 0.256. The quantitative estimate of drug-likeness (QED) is 0.512. The Morgan fingerprint density at radius 1 is 1.44 bits per heavy atom. The Kier molecular flexibility index (Phi) is 6.32. The predicted molar refractivity (Wildman–Crippen MR) is 57.7 cm³/mol. The van der Waals surface area contributed by atoms with Gasteiger partial charge < -0.3 is 21.0 Å². The van der Waals surface area contributed by atoms with E-state index in [1.54, 1.807) is 0 Å². The molecule has 0 aliphatic rings. The fourth-order valence-electron chi connectivity index (χ4n) is 1.23. The molecule has 0 unspecified atom stereocenters. The number of hydrogen-bond acceptors (Lipinski definition) is 4. The lowest BCUT2D eigenvalue weighted by atomic mass is 10.0. The van der Waals surface area contributed by atoms with Gasteiger partial charge in [0.1, 0.15) is 6.29 Å². The van der Waals surface area contributed by atoms with Gasteiger partial charge in [0.05, 0.1) is 18.5 Å². The van der Waals surface area contributed by atoms with Gasteiger partial charge in [-0.1, -0.05) is 13.8 Å². The van der Waals surface area contributed by atoms with Crippen molar-refractivity contribution in [3.63, 3.8) is 0 Å². The summed E-state index contributed by atoms with van der Waals surface area (Å²) in [6, 6.07) is -1.72. The Bertz CT molecular complexity index is 266. The summed E-state index contributed by atoms with van der Waals surface area (Å²) < 4.78 is 0. The molecule has 0 aromatic heterocycles. The van der Waals surface area contributed by atoms with E-state index in [2.05, 4.69) is 5.32 Å². The number of carboxylic acid groups (broad SMARTS) is 1. The lowest BCUT2D eigenvalue weighted by molar-refractivity contribution is -0.139. The minimum atomic E-state index is -1.14. The van der Waals surface area contributed by atoms with Crippen LogP contribution in [-0.2, 0) is 14.4 Å². The summed E-state index contributed by atoms with van der Waals surface area (Å²) in [6.45, 7) is 3.83. The summed E-state index contributed by atoms with van der Waals surface area (Å²) in [4.78, 5) is 32.3. The number of carbonyl (C=O) groups is 3. The van der Waals surface area contributed by atoms with Crippen molar-refractivity contribution in [2.45, 2.75) is 38.8 Å². The summed E-state index contributed by atoms with van der Waals surface area (Å²) in [5.74, 6) is -1.50. The summed E-state index contributed by atoms with van der Waals surface area (Å²) in [5, 5.41) is 10.8. The third kappa shape index (κ3) is 6.13. The Balaban J connectivity index is 4.18. The predicted octanol–water partition coefficient (Wildman–Crippen LogP) is -0.482. The molecule has 6 heteroatoms. The second-order valence-corrected chi connectivity index (χ2v) is 4.09. The molecule has 0 aromatic carbocycles. The van der Waals surface area contributed by atoms with Crippen LogP contribution in [0.5, 0.6) is 0 Å². The summed E-state index contributed by atoms with van der Waals surface area (Å²) in [6.07, 6.45) is 0.694. The number of rotatable bonds is 7. The largest absolute Gasteiger partial charge is 0.481 e. The Hall–Kier alpha value is -1.43. The third-order valence-corrected chi connectivity index (χ3v) is 1.95. The number of hydrogen-bond donors (Lipinski definition) is 3. The van der Waals surface area contributed by atoms with Crippen LogP contribution in [0.4, 0.5) is 0 Å². The molecular weight excluding hydrogens is 212 g/mol. The second kappa shape index (κ2) is 6.95. The molecule has 0 aliphatic heterocycles. The number of nitrogens with one attached hydrogen (secondary N) is 1. The van der Waals surface area contributed by atoms with Crippen LogP contribution < -0.4 is 11.1 Å². The van der Waals surface area contributed by atoms with E-state index >= 15 is 0 Å². The van der Waals surface area contributed by atoms with Crippen LogP contribution in [0.25, 0.3) is 0 Å². The van der Waals surface area contributed by atoms with Crippen LogP contribution in [0.15, 0.2) is 0 Å². The van der Waals surface area contributed by atoms with Gasteiger partial charge in [0.25, 0.3) is 0 Å². The lowest BCUT2D eigenvalue weighted by Crippen LogP contribution is -2.47. The molecule has 0 heterocycles. The minimum Gasteiger partial charge on any atom is -0.481 e. The molecule has 0 fully saturated rings. The van der Waals surface area contributed by atoms with Crippen LogP contribution in [0.3, 0.4) is 0 Å². The van der Waals surface area contributed by atoms with Gasteiger partial charge >= 0.3 is 5.97 Å². The smallest absolute Gasteiger partial charge is 0.305 e. The van der Waals surface area contributed by atoms with E-state index in [-0.39, 0.29) is 5.92 Å². The van der Waals surface area contributed by atoms with Gasteiger partial charge in [0, 0.05) is 0 Å². The van der Waals surface area contributed by atoms with E-state index in [1.165, 1.54) is 0 Å². The molecule has 4 N–H and O–H groups in total. The first-order valence-electron chi connectivity index (χ1n) is 5.09. The highest BCUT2D eigenvalue weighted by Gasteiger charge is 2.20. The average molecular weight is 230 g/mol. The molecule has 0 rings (SSSR count). The molecule has 16 heavy (non-hydrogen) atoms. The van der Waals surface area contributed by atoms with E-state index < -0.39 is 30.4 Å². The highest BCUT2D eigenvalue weighted by Crippen LogP contribution is 2.03. The first-order valence-corrected chi connectivity index (χ1v) is 5.09. The molecule has 6 nitrogen and oxygen atoms in total. The monoisotopic (exact) mass is 230 g/mol. The van der Waals surface area contributed by atoms with E-state index in [0.29, 0.717) is 12.7 Å². The Morgan fingerprint density at radius 3 is 2.38 bits per heavy atom. The number of nitrogens with two attached hydrogens (primary N) is 1. The van der Waals surface area contributed by atoms with Crippen molar-refractivity contribution in [2.75, 3.05) is 0 Å². The van der Waals surface area contributed by atoms with Gasteiger partial charge in [-0.2, -0.15) is 0 Å². The van der Waals surface area contributed by atoms with Crippen molar-refractivity contribution in [3.8, 4) is 0 Å². The lowest BCUT2D eigenvalue weighted by Gasteiger charge is -2.17. The molecule has 2 atom stereocenters. The molecule has 1 amide bonds. The molecule has 92 valence electrons. The summed E-state index contributed by atoms with van der Waals surface area (Å²) >= 11 is 0. The van der Waals surface area contributed by atoms with Crippen molar-refractivity contribution in [3.05, 3.63) is 0 Å². The maximum absolute atomic E-state index is 11.4. The van der Waals surface area contributed by atoms with E-state index in [9.17, 15) is 14.4 Å². The van der Waals surface area contributed by atoms with Crippen molar-refractivity contribution >= 4 is 18.2 Å². The Labute approximate surface area is 94.2 Å². The topological polar surface area (TPSA) is 109 Å². The zero-order valence-electron chi connectivity index (χ0n) is 9.47. The highest BCUT2D eigenvalue weighted by atomic mass is 16.4. The van der Waals surface area contributed by atoms with Crippen molar-refractivity contribution in [1.82, 2.24) is 5.32 Å². The second-order valence-electron chi connectivity index (χ2n) is 4.09. The van der Waals surface area contributed by atoms with Crippen LogP contribution in [-0.4, -0.2) is 35.4 Å². The van der Waals surface area contributed by atoms with Gasteiger partial charge in [-0.15, -0.1) is 0 Å². The SMILES string of the molecule is CC(C)C[C@@H](C=O)NC(=O)[C@@H](N)CC(=O)O. The highest BCUT2D eigenvalue weighted by molar-refractivity contribution is 5.87. The van der Waals surface area contributed by atoms with E-state index in [4.69, 9.17) is 10.8 Å². The maximum Gasteiger partial charge on any atom is 0.305 e. The fourth-order valence-corrected chi connectivity index (χ4v) is 1.23. The van der Waals surface area contributed by atoms with Crippen molar-refractivity contribution in [2.24, 2.45) is 11.7 Å². The average Bonchev–Trinajstić information content (AvgIpc) is 2.14. The summed E-state index contributed by atoms with van der Waals surface area (Å²) in [5.41, 5.74) is 5.34. The van der Waals surface area contributed by atoms with Crippen molar-refractivity contribution < 1.29 is 19.5 Å². The molecule has 0 bridgehead atoms. The normalized spacial score (nSPS) is 14.2. The molecule has 0 radical (unpaired) electrons. The van der Waals surface area contributed by atoms with Gasteiger partial charge in [0.2, 0.25) is 5.91 Å². The van der Waals surface area contributed by atoms with E-state index in [0.717, 1.165) is 0 Å². The maximum atomic E-state index is 11.4. The molecular formula is C10H18N2O4. The standard InChI is InChI=1S/C10H18N2O4/c1-6(2)3-7(5-13)12-10(16)8(11)4-9(14)15/h5-8H,3-4,11H2,1-2H3,(H,12,16)(H,14,15)/t7-,8-/m0/s1. The van der Waals surface area contributed by atoms with Crippen LogP contribution >= 0.6 is 0 Å². The molecule has 0 aromatic rings. The number of amides is 1. The molecule has 0 spiro atoms. The Morgan fingerprint density at radius 2 is 2.00 bits per heavy atom. The van der Waals surface area contributed by atoms with Crippen LogP contribution in [0, 0.1) is 5.92 Å². The van der Waals surface area contributed by atoms with Crippen LogP contribution in [0.1, 0.15) is 26.7 Å². The summed E-state index contributed by atoms with van der Waals surface area (Å²) in [7, 11) is 0. The number of carbonyl (C=O) groups excluding carboxylic acids is 2. The van der Waals surface area contributed by atoms with Gasteiger partial charge in [-0.3, -0.25) is 9.59 Å². The van der Waals surface area contributed by atoms with E-state index in [1.807, 2.05) is 13.8 Å². The molecule has 0 saturated heterocycles. The van der Waals surface area contributed by atoms with Gasteiger partial charge in [-0.05, 0) is 12.3 Å². The number of aldehydes is 1. The van der Waals surface area contributed by atoms with Crippen molar-refractivity contribution in [1.29, 1.82) is 0 Å². The zero-order valence-corrected chi connectivity index (χ0v) is 9.47. The molecule has 0 saturated carbocycles. The molecule has 0 aliphatic carbocycles. The van der Waals surface area contributed by atoms with Gasteiger partial charge in [0.15, 0.2) is 0 Å².